The second-order valence-corrected chi connectivity index (χ2v) is 8.80. The van der Waals surface area contributed by atoms with Crippen LogP contribution in [0.3, 0.4) is 0 Å². The molecule has 2 saturated heterocycles. The first-order valence-electron chi connectivity index (χ1n) is 9.51. The maximum Gasteiger partial charge on any atom is 0.235 e. The molecule has 3 heterocycles. The van der Waals surface area contributed by atoms with Crippen LogP contribution in [0.25, 0.3) is 0 Å². The summed E-state index contributed by atoms with van der Waals surface area (Å²) >= 11 is 1.61. The molecule has 2 aliphatic heterocycles. The predicted molar refractivity (Wildman–Crippen MR) is 105 cm³/mol. The van der Waals surface area contributed by atoms with Gasteiger partial charge in [-0.05, 0) is 62.0 Å². The summed E-state index contributed by atoms with van der Waals surface area (Å²) in [5.41, 5.74) is 1.42. The summed E-state index contributed by atoms with van der Waals surface area (Å²) in [7, 11) is 0. The first-order chi connectivity index (χ1) is 12.5. The average molecular weight is 376 g/mol. The highest BCUT2D eigenvalue weighted by molar-refractivity contribution is 7.99. The number of pyridine rings is 1. The molecule has 142 valence electrons. The third kappa shape index (κ3) is 4.40. The zero-order valence-corrected chi connectivity index (χ0v) is 16.6. The van der Waals surface area contributed by atoms with Crippen molar-refractivity contribution in [1.29, 1.82) is 0 Å². The first kappa shape index (κ1) is 19.2. The number of hydrogen-bond donors (Lipinski definition) is 0. The van der Waals surface area contributed by atoms with Gasteiger partial charge in [-0.3, -0.25) is 14.6 Å². The van der Waals surface area contributed by atoms with Crippen molar-refractivity contribution in [2.75, 3.05) is 32.4 Å². The Kier molecular flexibility index (Phi) is 6.22. The van der Waals surface area contributed by atoms with E-state index in [0.29, 0.717) is 6.42 Å². The van der Waals surface area contributed by atoms with Crippen molar-refractivity contribution in [3.05, 3.63) is 30.1 Å². The van der Waals surface area contributed by atoms with E-state index in [-0.39, 0.29) is 22.5 Å². The lowest BCUT2D eigenvalue weighted by Gasteiger charge is -2.47. The van der Waals surface area contributed by atoms with Crippen LogP contribution in [0.1, 0.15) is 38.2 Å². The summed E-state index contributed by atoms with van der Waals surface area (Å²) in [5, 5.41) is 0.0360. The van der Waals surface area contributed by atoms with E-state index in [1.807, 2.05) is 35.1 Å². The summed E-state index contributed by atoms with van der Waals surface area (Å²) in [5.74, 6) is 0.535. The minimum Gasteiger partial charge on any atom is -0.342 e. The molecule has 2 aliphatic rings. The zero-order chi connectivity index (χ0) is 18.6. The van der Waals surface area contributed by atoms with E-state index < -0.39 is 0 Å². The molecule has 6 heteroatoms. The molecule has 0 aromatic carbocycles. The fraction of sp³-hybridized carbons (Fsp3) is 0.650. The van der Waals surface area contributed by atoms with Gasteiger partial charge in [-0.25, -0.2) is 0 Å². The van der Waals surface area contributed by atoms with Crippen molar-refractivity contribution in [3.63, 3.8) is 0 Å². The van der Waals surface area contributed by atoms with Crippen LogP contribution in [0.4, 0.5) is 0 Å². The number of amides is 2. The van der Waals surface area contributed by atoms with Gasteiger partial charge in [0.05, 0.1) is 5.25 Å². The molecule has 0 aliphatic carbocycles. The third-order valence-electron chi connectivity index (χ3n) is 6.01. The van der Waals surface area contributed by atoms with Crippen molar-refractivity contribution < 1.29 is 9.59 Å². The molecule has 3 rings (SSSR count). The topological polar surface area (TPSA) is 53.5 Å². The highest BCUT2D eigenvalue weighted by atomic mass is 32.2. The molecule has 5 nitrogen and oxygen atoms in total. The highest BCUT2D eigenvalue weighted by Gasteiger charge is 2.41. The molecule has 1 atom stereocenters. The van der Waals surface area contributed by atoms with Gasteiger partial charge < -0.3 is 9.80 Å². The van der Waals surface area contributed by atoms with Crippen molar-refractivity contribution >= 4 is 23.6 Å². The van der Waals surface area contributed by atoms with Crippen LogP contribution in [0.5, 0.6) is 0 Å². The Morgan fingerprint density at radius 1 is 1.27 bits per heavy atom. The van der Waals surface area contributed by atoms with Crippen LogP contribution in [-0.4, -0.2) is 64.3 Å². The van der Waals surface area contributed by atoms with Gasteiger partial charge in [0.2, 0.25) is 11.8 Å². The van der Waals surface area contributed by atoms with Crippen LogP contribution in [-0.2, 0) is 16.0 Å². The lowest BCUT2D eigenvalue weighted by Crippen LogP contribution is -2.53. The Bertz CT molecular complexity index is 629. The number of nitrogens with zero attached hydrogens (tertiary/aromatic N) is 3. The van der Waals surface area contributed by atoms with Crippen molar-refractivity contribution in [1.82, 2.24) is 14.8 Å². The van der Waals surface area contributed by atoms with E-state index >= 15 is 0 Å². The van der Waals surface area contributed by atoms with E-state index in [2.05, 4.69) is 4.98 Å². The predicted octanol–water partition coefficient (Wildman–Crippen LogP) is 2.61. The second kappa shape index (κ2) is 8.42. The minimum atomic E-state index is 0.0360. The Balaban J connectivity index is 1.56. The van der Waals surface area contributed by atoms with E-state index in [1.165, 1.54) is 5.56 Å². The Labute approximate surface area is 160 Å². The number of rotatable bonds is 5. The van der Waals surface area contributed by atoms with Crippen LogP contribution in [0.2, 0.25) is 0 Å². The lowest BCUT2D eigenvalue weighted by molar-refractivity contribution is -0.142. The number of hydrogen-bond acceptors (Lipinski definition) is 4. The molecule has 0 radical (unpaired) electrons. The zero-order valence-electron chi connectivity index (χ0n) is 15.8. The quantitative estimate of drug-likeness (QED) is 0.794. The molecule has 2 amide bonds. The van der Waals surface area contributed by atoms with Crippen molar-refractivity contribution in [2.45, 2.75) is 44.3 Å². The highest BCUT2D eigenvalue weighted by Crippen LogP contribution is 2.40. The summed E-state index contributed by atoms with van der Waals surface area (Å²) in [6.45, 7) is 5.26. The van der Waals surface area contributed by atoms with Crippen LogP contribution >= 0.6 is 11.8 Å². The largest absolute Gasteiger partial charge is 0.342 e. The monoisotopic (exact) mass is 375 g/mol. The molecule has 26 heavy (non-hydrogen) atoms. The van der Waals surface area contributed by atoms with E-state index in [4.69, 9.17) is 0 Å². The molecule has 2 fully saturated rings. The van der Waals surface area contributed by atoms with Crippen molar-refractivity contribution in [3.8, 4) is 0 Å². The second-order valence-electron chi connectivity index (χ2n) is 7.62. The maximum absolute atomic E-state index is 12.4. The molecule has 0 N–H and O–H groups in total. The first-order valence-corrected chi connectivity index (χ1v) is 10.8. The molecule has 0 bridgehead atoms. The van der Waals surface area contributed by atoms with Gasteiger partial charge in [-0.1, -0.05) is 0 Å². The molecular weight excluding hydrogens is 346 g/mol. The summed E-state index contributed by atoms with van der Waals surface area (Å²) in [4.78, 5) is 32.9. The number of likely N-dealkylation sites (tertiary alicyclic amines) is 2. The van der Waals surface area contributed by atoms with Crippen LogP contribution in [0.15, 0.2) is 24.5 Å². The molecule has 0 saturated carbocycles. The van der Waals surface area contributed by atoms with Gasteiger partial charge >= 0.3 is 0 Å². The SMILES string of the molecule is CS[C@H](C)C(=O)N1CCC2(CCC(=O)N(CCc3ccncc3)C2)CC1. The van der Waals surface area contributed by atoms with Gasteiger partial charge in [0.1, 0.15) is 0 Å². The van der Waals surface area contributed by atoms with E-state index in [9.17, 15) is 9.59 Å². The maximum atomic E-state index is 12.4. The number of carbonyl (C=O) groups is 2. The average Bonchev–Trinajstić information content (AvgIpc) is 2.69. The molecule has 1 aromatic rings. The molecule has 0 unspecified atom stereocenters. The van der Waals surface area contributed by atoms with Gasteiger partial charge in [-0.15, -0.1) is 0 Å². The molecular formula is C20H29N3O2S. The number of piperidine rings is 2. The minimum absolute atomic E-state index is 0.0360. The normalized spacial score (nSPS) is 21.1. The van der Waals surface area contributed by atoms with E-state index in [1.54, 1.807) is 24.2 Å². The fourth-order valence-electron chi connectivity index (χ4n) is 4.09. The molecule has 1 spiro atoms. The van der Waals surface area contributed by atoms with Gasteiger partial charge in [-0.2, -0.15) is 11.8 Å². The van der Waals surface area contributed by atoms with E-state index in [0.717, 1.165) is 51.9 Å². The Morgan fingerprint density at radius 2 is 1.96 bits per heavy atom. The summed E-state index contributed by atoms with van der Waals surface area (Å²) in [6, 6.07) is 4.03. The third-order valence-corrected chi connectivity index (χ3v) is 6.91. The van der Waals surface area contributed by atoms with Crippen LogP contribution < -0.4 is 0 Å². The lowest BCUT2D eigenvalue weighted by atomic mass is 9.72. The summed E-state index contributed by atoms with van der Waals surface area (Å²) in [6.07, 6.45) is 10.1. The number of carbonyl (C=O) groups excluding carboxylic acids is 2. The Hall–Kier alpha value is -1.56. The Morgan fingerprint density at radius 3 is 2.62 bits per heavy atom. The molecule has 1 aromatic heterocycles. The van der Waals surface area contributed by atoms with Crippen LogP contribution in [0, 0.1) is 5.41 Å². The van der Waals surface area contributed by atoms with Gasteiger partial charge in [0, 0.05) is 45.0 Å². The standard InChI is InChI=1S/C20H29N3O2S/c1-16(26-2)19(25)22-13-8-20(9-14-22)7-3-18(24)23(15-20)12-6-17-4-10-21-11-5-17/h4-5,10-11,16H,3,6-9,12-15H2,1-2H3/t16-/m1/s1. The fourth-order valence-corrected chi connectivity index (χ4v) is 4.44. The van der Waals surface area contributed by atoms with Gasteiger partial charge in [0.15, 0.2) is 0 Å². The number of thioether (sulfide) groups is 1. The van der Waals surface area contributed by atoms with Gasteiger partial charge in [0.25, 0.3) is 0 Å². The smallest absolute Gasteiger partial charge is 0.235 e. The summed E-state index contributed by atoms with van der Waals surface area (Å²) < 4.78 is 0. The number of aromatic nitrogens is 1. The van der Waals surface area contributed by atoms with Crippen molar-refractivity contribution in [2.24, 2.45) is 5.41 Å².